The van der Waals surface area contributed by atoms with Crippen LogP contribution in [0.3, 0.4) is 0 Å². The van der Waals surface area contributed by atoms with Gasteiger partial charge in [-0.05, 0) is 6.42 Å². The summed E-state index contributed by atoms with van der Waals surface area (Å²) in [5.74, 6) is -0.964. The van der Waals surface area contributed by atoms with Crippen LogP contribution in [0.25, 0.3) is 0 Å². The second-order valence-electron chi connectivity index (χ2n) is 3.63. The first-order valence-electron chi connectivity index (χ1n) is 4.93. The van der Waals surface area contributed by atoms with Gasteiger partial charge < -0.3 is 19.9 Å². The molecule has 1 fully saturated rings. The Labute approximate surface area is 93.2 Å². The maximum absolute atomic E-state index is 11.1. The quantitative estimate of drug-likeness (QED) is 0.666. The average Bonchev–Trinajstić information content (AvgIpc) is 2.73. The summed E-state index contributed by atoms with van der Waals surface area (Å²) >= 11 is 0. The van der Waals surface area contributed by atoms with Crippen LogP contribution in [-0.4, -0.2) is 43.5 Å². The fourth-order valence-electron chi connectivity index (χ4n) is 1.42. The Morgan fingerprint density at radius 2 is 2.38 bits per heavy atom. The molecule has 1 aliphatic heterocycles. The van der Waals surface area contributed by atoms with E-state index in [1.165, 1.54) is 6.08 Å². The summed E-state index contributed by atoms with van der Waals surface area (Å²) in [6.45, 7) is 4.02. The van der Waals surface area contributed by atoms with Gasteiger partial charge in [0, 0.05) is 13.2 Å². The van der Waals surface area contributed by atoms with E-state index < -0.39 is 17.5 Å². The van der Waals surface area contributed by atoms with Crippen LogP contribution in [0.4, 0.5) is 4.79 Å². The van der Waals surface area contributed by atoms with Crippen molar-refractivity contribution in [3.05, 3.63) is 12.7 Å². The van der Waals surface area contributed by atoms with Gasteiger partial charge in [0.15, 0.2) is 0 Å². The molecule has 0 aliphatic carbocycles. The molecular formula is C10H15NO5. The van der Waals surface area contributed by atoms with Gasteiger partial charge in [0.05, 0.1) is 6.61 Å². The molecule has 0 spiro atoms. The van der Waals surface area contributed by atoms with E-state index in [4.69, 9.17) is 9.84 Å². The van der Waals surface area contributed by atoms with Crippen LogP contribution in [0, 0.1) is 5.41 Å². The largest absolute Gasteiger partial charge is 0.481 e. The van der Waals surface area contributed by atoms with Crippen LogP contribution < -0.4 is 5.32 Å². The molecule has 0 aromatic rings. The SMILES string of the molecule is C=CCOC(=O)NCC1(C(=O)O)CCOC1. The smallest absolute Gasteiger partial charge is 0.407 e. The standard InChI is InChI=1S/C10H15NO5/c1-2-4-16-9(14)11-6-10(8(12)13)3-5-15-7-10/h2H,1,3-7H2,(H,11,14)(H,12,13). The Balaban J connectivity index is 2.42. The van der Waals surface area contributed by atoms with Crippen LogP contribution in [0.5, 0.6) is 0 Å². The minimum atomic E-state index is -1.02. The van der Waals surface area contributed by atoms with Crippen molar-refractivity contribution in [3.63, 3.8) is 0 Å². The number of carboxylic acids is 1. The third-order valence-corrected chi connectivity index (χ3v) is 2.46. The first-order chi connectivity index (χ1) is 7.60. The van der Waals surface area contributed by atoms with Crippen molar-refractivity contribution in [1.29, 1.82) is 0 Å². The zero-order valence-electron chi connectivity index (χ0n) is 8.90. The maximum Gasteiger partial charge on any atom is 0.407 e. The molecule has 1 atom stereocenters. The summed E-state index contributed by atoms with van der Waals surface area (Å²) in [6, 6.07) is 0. The molecule has 1 amide bonds. The van der Waals surface area contributed by atoms with E-state index in [1.807, 2.05) is 0 Å². The number of rotatable bonds is 5. The molecule has 0 saturated carbocycles. The third kappa shape index (κ3) is 2.96. The van der Waals surface area contributed by atoms with Crippen molar-refractivity contribution in [2.75, 3.05) is 26.4 Å². The summed E-state index contributed by atoms with van der Waals surface area (Å²) in [7, 11) is 0. The molecule has 6 nitrogen and oxygen atoms in total. The minimum Gasteiger partial charge on any atom is -0.481 e. The van der Waals surface area contributed by atoms with Crippen LogP contribution >= 0.6 is 0 Å². The van der Waals surface area contributed by atoms with Gasteiger partial charge in [-0.3, -0.25) is 4.79 Å². The highest BCUT2D eigenvalue weighted by molar-refractivity contribution is 5.77. The summed E-state index contributed by atoms with van der Waals surface area (Å²) < 4.78 is 9.72. The first-order valence-corrected chi connectivity index (χ1v) is 4.93. The zero-order valence-corrected chi connectivity index (χ0v) is 8.90. The molecule has 90 valence electrons. The van der Waals surface area contributed by atoms with Crippen LogP contribution in [0.2, 0.25) is 0 Å². The fourth-order valence-corrected chi connectivity index (χ4v) is 1.42. The van der Waals surface area contributed by atoms with E-state index in [-0.39, 0.29) is 19.8 Å². The highest BCUT2D eigenvalue weighted by Gasteiger charge is 2.42. The summed E-state index contributed by atoms with van der Waals surface area (Å²) in [5.41, 5.74) is -1.02. The number of hydrogen-bond acceptors (Lipinski definition) is 4. The molecule has 1 unspecified atom stereocenters. The van der Waals surface area contributed by atoms with Crippen molar-refractivity contribution < 1.29 is 24.2 Å². The minimum absolute atomic E-state index is 0.0122. The van der Waals surface area contributed by atoms with E-state index in [0.717, 1.165) is 0 Å². The van der Waals surface area contributed by atoms with Crippen LogP contribution in [-0.2, 0) is 14.3 Å². The first kappa shape index (κ1) is 12.5. The van der Waals surface area contributed by atoms with Crippen LogP contribution in [0.15, 0.2) is 12.7 Å². The van der Waals surface area contributed by atoms with Crippen molar-refractivity contribution in [2.45, 2.75) is 6.42 Å². The number of ether oxygens (including phenoxy) is 2. The number of hydrogen-bond donors (Lipinski definition) is 2. The Bertz CT molecular complexity index is 283. The van der Waals surface area contributed by atoms with Gasteiger partial charge in [-0.2, -0.15) is 0 Å². The number of carbonyl (C=O) groups excluding carboxylic acids is 1. The van der Waals surface area contributed by atoms with Gasteiger partial charge in [-0.1, -0.05) is 12.7 Å². The number of carboxylic acid groups (broad SMARTS) is 1. The molecule has 0 aromatic heterocycles. The van der Waals surface area contributed by atoms with Crippen LogP contribution in [0.1, 0.15) is 6.42 Å². The third-order valence-electron chi connectivity index (χ3n) is 2.46. The normalized spacial score (nSPS) is 23.8. The molecule has 0 bridgehead atoms. The van der Waals surface area contributed by atoms with E-state index in [1.54, 1.807) is 0 Å². The number of carbonyl (C=O) groups is 2. The predicted molar refractivity (Wildman–Crippen MR) is 55.1 cm³/mol. The molecule has 1 heterocycles. The molecular weight excluding hydrogens is 214 g/mol. The van der Waals surface area contributed by atoms with Crippen molar-refractivity contribution >= 4 is 12.1 Å². The predicted octanol–water partition coefficient (Wildman–Crippen LogP) is 0.390. The Morgan fingerprint density at radius 3 is 2.88 bits per heavy atom. The fraction of sp³-hybridized carbons (Fsp3) is 0.600. The second-order valence-corrected chi connectivity index (χ2v) is 3.63. The summed E-state index contributed by atoms with van der Waals surface area (Å²) in [4.78, 5) is 22.2. The number of alkyl carbamates (subject to hydrolysis) is 1. The lowest BCUT2D eigenvalue weighted by atomic mass is 9.87. The second kappa shape index (κ2) is 5.50. The molecule has 2 N–H and O–H groups in total. The molecule has 1 aliphatic rings. The molecule has 1 saturated heterocycles. The van der Waals surface area contributed by atoms with Gasteiger partial charge in [-0.25, -0.2) is 4.79 Å². The lowest BCUT2D eigenvalue weighted by Crippen LogP contribution is -2.43. The average molecular weight is 229 g/mol. The van der Waals surface area contributed by atoms with E-state index in [0.29, 0.717) is 13.0 Å². The molecule has 1 rings (SSSR count). The molecule has 6 heteroatoms. The lowest BCUT2D eigenvalue weighted by molar-refractivity contribution is -0.148. The Morgan fingerprint density at radius 1 is 1.62 bits per heavy atom. The number of nitrogens with one attached hydrogen (secondary N) is 1. The zero-order chi connectivity index (χ0) is 12.0. The molecule has 0 aromatic carbocycles. The van der Waals surface area contributed by atoms with E-state index >= 15 is 0 Å². The number of aliphatic carboxylic acids is 1. The molecule has 0 radical (unpaired) electrons. The van der Waals surface area contributed by atoms with Gasteiger partial charge in [0.25, 0.3) is 0 Å². The highest BCUT2D eigenvalue weighted by atomic mass is 16.5. The molecule has 16 heavy (non-hydrogen) atoms. The summed E-state index contributed by atoms with van der Waals surface area (Å²) in [5, 5.41) is 11.5. The maximum atomic E-state index is 11.1. The monoisotopic (exact) mass is 229 g/mol. The van der Waals surface area contributed by atoms with Gasteiger partial charge >= 0.3 is 12.1 Å². The lowest BCUT2D eigenvalue weighted by Gasteiger charge is -2.21. The van der Waals surface area contributed by atoms with Gasteiger partial charge in [0.1, 0.15) is 12.0 Å². The highest BCUT2D eigenvalue weighted by Crippen LogP contribution is 2.28. The van der Waals surface area contributed by atoms with Gasteiger partial charge in [-0.15, -0.1) is 0 Å². The van der Waals surface area contributed by atoms with E-state index in [2.05, 4.69) is 16.6 Å². The Kier molecular flexibility index (Phi) is 4.30. The number of amides is 1. The van der Waals surface area contributed by atoms with Crippen molar-refractivity contribution in [3.8, 4) is 0 Å². The topological polar surface area (TPSA) is 84.9 Å². The van der Waals surface area contributed by atoms with Crippen molar-refractivity contribution in [1.82, 2.24) is 5.32 Å². The van der Waals surface area contributed by atoms with Crippen molar-refractivity contribution in [2.24, 2.45) is 5.41 Å². The van der Waals surface area contributed by atoms with E-state index in [9.17, 15) is 9.59 Å². The van der Waals surface area contributed by atoms with Gasteiger partial charge in [0.2, 0.25) is 0 Å². The summed E-state index contributed by atoms with van der Waals surface area (Å²) in [6.07, 6.45) is 1.18. The Hall–Kier alpha value is -1.56.